The molecule has 0 spiro atoms. The molecule has 6 nitrogen and oxygen atoms in total. The van der Waals surface area contributed by atoms with Crippen LogP contribution in [0.4, 0.5) is 0 Å². The summed E-state index contributed by atoms with van der Waals surface area (Å²) in [7, 11) is 0. The predicted molar refractivity (Wildman–Crippen MR) is 114 cm³/mol. The Hall–Kier alpha value is -2.05. The number of Topliss-reactive ketones (excluding diaryl/α,β-unsaturated/α-hetero) is 1. The Labute approximate surface area is 183 Å². The highest BCUT2D eigenvalue weighted by Crippen LogP contribution is 2.68. The molecule has 4 rings (SSSR count). The number of allylic oxidation sites excluding steroid dienone is 4. The van der Waals surface area contributed by atoms with Gasteiger partial charge in [-0.2, -0.15) is 0 Å². The largest absolute Gasteiger partial charge is 0.458 e. The van der Waals surface area contributed by atoms with Crippen LogP contribution in [0.3, 0.4) is 0 Å². The van der Waals surface area contributed by atoms with Crippen LogP contribution in [-0.4, -0.2) is 46.1 Å². The minimum Gasteiger partial charge on any atom is -0.458 e. The Morgan fingerprint density at radius 3 is 2.71 bits per heavy atom. The van der Waals surface area contributed by atoms with E-state index in [2.05, 4.69) is 13.5 Å². The molecule has 0 aromatic rings. The third-order valence-electron chi connectivity index (χ3n) is 8.75. The molecule has 4 aliphatic rings. The van der Waals surface area contributed by atoms with Crippen molar-refractivity contribution >= 4 is 17.5 Å². The Morgan fingerprint density at radius 2 is 2.03 bits per heavy atom. The van der Waals surface area contributed by atoms with Crippen LogP contribution in [0.15, 0.2) is 36.0 Å². The lowest BCUT2D eigenvalue weighted by Crippen LogP contribution is -2.62. The van der Waals surface area contributed by atoms with Crippen LogP contribution in [0.2, 0.25) is 0 Å². The quantitative estimate of drug-likeness (QED) is 0.527. The zero-order valence-corrected chi connectivity index (χ0v) is 18.5. The van der Waals surface area contributed by atoms with Gasteiger partial charge in [0, 0.05) is 23.2 Å². The van der Waals surface area contributed by atoms with Gasteiger partial charge in [0.15, 0.2) is 18.0 Å². The molecule has 3 saturated carbocycles. The van der Waals surface area contributed by atoms with Gasteiger partial charge in [-0.1, -0.05) is 39.0 Å². The molecule has 4 aliphatic carbocycles. The second-order valence-electron chi connectivity index (χ2n) is 10.2. The maximum absolute atomic E-state index is 13.1. The molecule has 6 heteroatoms. The minimum atomic E-state index is -1.84. The molecule has 0 unspecified atom stereocenters. The third kappa shape index (κ3) is 2.94. The van der Waals surface area contributed by atoms with Crippen molar-refractivity contribution in [2.24, 2.45) is 28.6 Å². The summed E-state index contributed by atoms with van der Waals surface area (Å²) < 4.78 is 5.03. The Morgan fingerprint density at radius 1 is 1.32 bits per heavy atom. The van der Waals surface area contributed by atoms with Crippen LogP contribution < -0.4 is 0 Å². The monoisotopic (exact) mass is 428 g/mol. The lowest BCUT2D eigenvalue weighted by Gasteiger charge is -2.59. The first kappa shape index (κ1) is 22.2. The van der Waals surface area contributed by atoms with Crippen molar-refractivity contribution in [1.29, 1.82) is 0 Å². The minimum absolute atomic E-state index is 0.0168. The van der Waals surface area contributed by atoms with Crippen molar-refractivity contribution in [3.8, 4) is 0 Å². The number of hydrogen-bond acceptors (Lipinski definition) is 6. The van der Waals surface area contributed by atoms with Gasteiger partial charge in [0.25, 0.3) is 0 Å². The Bertz CT molecular complexity index is 915. The molecule has 7 atom stereocenters. The van der Waals surface area contributed by atoms with E-state index in [1.807, 2.05) is 13.0 Å². The van der Waals surface area contributed by atoms with E-state index in [1.165, 1.54) is 0 Å². The zero-order chi connectivity index (χ0) is 22.8. The van der Waals surface area contributed by atoms with Gasteiger partial charge < -0.3 is 14.9 Å². The van der Waals surface area contributed by atoms with Gasteiger partial charge in [-0.25, -0.2) is 0 Å². The van der Waals surface area contributed by atoms with E-state index in [0.717, 1.165) is 18.4 Å². The highest BCUT2D eigenvalue weighted by molar-refractivity contribution is 6.01. The van der Waals surface area contributed by atoms with Crippen molar-refractivity contribution in [2.45, 2.75) is 64.6 Å². The third-order valence-corrected chi connectivity index (χ3v) is 8.75. The summed E-state index contributed by atoms with van der Waals surface area (Å²) in [4.78, 5) is 36.6. The molecule has 2 N–H and O–H groups in total. The molecule has 0 aromatic carbocycles. The highest BCUT2D eigenvalue weighted by Gasteiger charge is 2.69. The lowest BCUT2D eigenvalue weighted by molar-refractivity contribution is -0.176. The predicted octanol–water partition coefficient (Wildman–Crippen LogP) is 2.68. The van der Waals surface area contributed by atoms with Crippen molar-refractivity contribution in [3.63, 3.8) is 0 Å². The van der Waals surface area contributed by atoms with Gasteiger partial charge in [-0.15, -0.1) is 0 Å². The topological polar surface area (TPSA) is 101 Å². The van der Waals surface area contributed by atoms with Gasteiger partial charge in [-0.3, -0.25) is 14.4 Å². The molecule has 31 heavy (non-hydrogen) atoms. The number of esters is 1. The average molecular weight is 429 g/mol. The standard InChI is InChI=1S/C25H32O6/c1-5-21(29)31-13-20(28)25(30)14(2)10-18-17-7-6-15-11-16(26)8-9-23(15,3)22(17)19(27)12-24(18,25)4/h8-9,11,17-19,22,27,30H,2,5-7,10,12-13H2,1,3-4H3/t17-,18-,19-,22+,23-,24-,25-/m0/s1. The molecule has 0 aliphatic heterocycles. The summed E-state index contributed by atoms with van der Waals surface area (Å²) in [5.74, 6) is -1.14. The molecular formula is C25H32O6. The maximum Gasteiger partial charge on any atom is 0.305 e. The first-order chi connectivity index (χ1) is 14.5. The van der Waals surface area contributed by atoms with Gasteiger partial charge in [0.05, 0.1) is 6.10 Å². The van der Waals surface area contributed by atoms with Crippen molar-refractivity contribution in [3.05, 3.63) is 36.0 Å². The molecular weight excluding hydrogens is 396 g/mol. The summed E-state index contributed by atoms with van der Waals surface area (Å²) in [5, 5.41) is 23.0. The number of carbonyl (C=O) groups is 3. The van der Waals surface area contributed by atoms with Crippen LogP contribution in [-0.2, 0) is 19.1 Å². The number of aliphatic hydroxyl groups excluding tert-OH is 1. The maximum atomic E-state index is 13.1. The first-order valence-corrected chi connectivity index (χ1v) is 11.2. The van der Waals surface area contributed by atoms with Crippen LogP contribution in [0.5, 0.6) is 0 Å². The van der Waals surface area contributed by atoms with E-state index in [9.17, 15) is 24.6 Å². The zero-order valence-electron chi connectivity index (χ0n) is 18.5. The smallest absolute Gasteiger partial charge is 0.305 e. The molecule has 3 fully saturated rings. The molecule has 0 heterocycles. The van der Waals surface area contributed by atoms with Crippen molar-refractivity contribution in [1.82, 2.24) is 0 Å². The van der Waals surface area contributed by atoms with E-state index in [1.54, 1.807) is 19.1 Å². The van der Waals surface area contributed by atoms with Crippen molar-refractivity contribution < 1.29 is 29.3 Å². The fourth-order valence-electron chi connectivity index (χ4n) is 7.15. The number of carbonyl (C=O) groups excluding carboxylic acids is 3. The van der Waals surface area contributed by atoms with Gasteiger partial charge >= 0.3 is 5.97 Å². The summed E-state index contributed by atoms with van der Waals surface area (Å²) >= 11 is 0. The van der Waals surface area contributed by atoms with Crippen LogP contribution in [0.25, 0.3) is 0 Å². The fraction of sp³-hybridized carbons (Fsp3) is 0.640. The normalized spacial score (nSPS) is 43.6. The van der Waals surface area contributed by atoms with Crippen LogP contribution in [0, 0.1) is 28.6 Å². The summed E-state index contributed by atoms with van der Waals surface area (Å²) in [5.41, 5.74) is -1.66. The van der Waals surface area contributed by atoms with Gasteiger partial charge in [-0.05, 0) is 55.2 Å². The fourth-order valence-corrected chi connectivity index (χ4v) is 7.15. The van der Waals surface area contributed by atoms with Gasteiger partial charge in [0.2, 0.25) is 5.78 Å². The van der Waals surface area contributed by atoms with E-state index < -0.39 is 40.9 Å². The van der Waals surface area contributed by atoms with E-state index in [4.69, 9.17) is 4.74 Å². The molecule has 0 amide bonds. The molecule has 0 radical (unpaired) electrons. The summed E-state index contributed by atoms with van der Waals surface area (Å²) in [6, 6.07) is 0. The van der Waals surface area contributed by atoms with E-state index >= 15 is 0 Å². The van der Waals surface area contributed by atoms with Crippen LogP contribution in [0.1, 0.15) is 52.9 Å². The number of ketones is 2. The summed E-state index contributed by atoms with van der Waals surface area (Å²) in [6.07, 6.45) is 6.89. The Kier molecular flexibility index (Phi) is 5.17. The van der Waals surface area contributed by atoms with Crippen molar-refractivity contribution in [2.75, 3.05) is 6.61 Å². The number of rotatable bonds is 4. The number of fused-ring (bicyclic) bond motifs is 5. The molecule has 0 saturated heterocycles. The Balaban J connectivity index is 1.68. The van der Waals surface area contributed by atoms with Crippen LogP contribution >= 0.6 is 0 Å². The SMILES string of the molecule is C=C1C[C@H]2[C@@H]3CCC4=CC(=O)C=C[C@]4(C)[C@H]3[C@@H](O)C[C@]2(C)[C@@]1(O)C(=O)COC(=O)CC. The molecule has 0 aromatic heterocycles. The van der Waals surface area contributed by atoms with E-state index in [-0.39, 0.29) is 36.4 Å². The first-order valence-electron chi connectivity index (χ1n) is 11.2. The average Bonchev–Trinajstić information content (AvgIpc) is 2.93. The van der Waals surface area contributed by atoms with E-state index in [0.29, 0.717) is 12.0 Å². The number of aliphatic hydroxyl groups is 2. The second-order valence-corrected chi connectivity index (χ2v) is 10.2. The molecule has 168 valence electrons. The number of ether oxygens (including phenoxy) is 1. The highest BCUT2D eigenvalue weighted by atomic mass is 16.5. The second kappa shape index (κ2) is 7.24. The summed E-state index contributed by atoms with van der Waals surface area (Å²) in [6.45, 7) is 9.14. The molecule has 0 bridgehead atoms. The van der Waals surface area contributed by atoms with Gasteiger partial charge in [0.1, 0.15) is 0 Å². The number of hydrogen-bond donors (Lipinski definition) is 2. The lowest BCUT2D eigenvalue weighted by atomic mass is 9.46.